The van der Waals surface area contributed by atoms with Crippen molar-refractivity contribution in [3.8, 4) is 17.1 Å². The molecule has 0 radical (unpaired) electrons. The van der Waals surface area contributed by atoms with E-state index < -0.39 is 10.9 Å². The van der Waals surface area contributed by atoms with Crippen molar-refractivity contribution in [2.24, 2.45) is 0 Å². The van der Waals surface area contributed by atoms with E-state index in [2.05, 4.69) is 15.3 Å². The van der Waals surface area contributed by atoms with Gasteiger partial charge in [-0.05, 0) is 54.9 Å². The lowest BCUT2D eigenvalue weighted by Gasteiger charge is -2.04. The molecule has 0 fully saturated rings. The number of aromatic nitrogens is 4. The van der Waals surface area contributed by atoms with Gasteiger partial charge in [0.25, 0.3) is 11.6 Å². The van der Waals surface area contributed by atoms with Gasteiger partial charge in [0.15, 0.2) is 14.9 Å². The molecule has 0 saturated heterocycles. The molecule has 0 saturated carbocycles. The van der Waals surface area contributed by atoms with Crippen LogP contribution in [0.15, 0.2) is 57.3 Å². The third-order valence-electron chi connectivity index (χ3n) is 4.17. The minimum absolute atomic E-state index is 0.0461. The molecule has 2 aromatic heterocycles. The zero-order chi connectivity index (χ0) is 22.7. The standard InChI is InChI=1S/C19H13N5O5S3/c1-31-18-22-23(19(30)32-18)13-6-4-12(5-7-13)17(25)28-10-15-20-21-16(29-15)11-2-8-14(9-3-11)24(26)27/h2-9H,10H2,1H3. The molecule has 0 atom stereocenters. The van der Waals surface area contributed by atoms with Crippen LogP contribution in [0.3, 0.4) is 0 Å². The van der Waals surface area contributed by atoms with Crippen LogP contribution in [-0.4, -0.2) is 37.1 Å². The number of thioether (sulfide) groups is 1. The van der Waals surface area contributed by atoms with E-state index in [9.17, 15) is 14.9 Å². The zero-order valence-electron chi connectivity index (χ0n) is 16.3. The van der Waals surface area contributed by atoms with Crippen LogP contribution < -0.4 is 0 Å². The lowest BCUT2D eigenvalue weighted by Crippen LogP contribution is -2.06. The molecule has 0 amide bonds. The zero-order valence-corrected chi connectivity index (χ0v) is 18.8. The molecule has 4 aromatic rings. The number of carbonyl (C=O) groups is 1. The maximum atomic E-state index is 12.3. The maximum absolute atomic E-state index is 12.3. The SMILES string of the molecule is CSc1nn(-c2ccc(C(=O)OCc3nnc(-c4ccc([N+](=O)[O-])cc4)o3)cc2)c(=S)s1. The molecule has 0 bridgehead atoms. The second kappa shape index (κ2) is 9.38. The van der Waals surface area contributed by atoms with E-state index in [1.54, 1.807) is 28.9 Å². The van der Waals surface area contributed by atoms with E-state index in [1.165, 1.54) is 47.4 Å². The van der Waals surface area contributed by atoms with Crippen LogP contribution in [0.1, 0.15) is 16.2 Å². The summed E-state index contributed by atoms with van der Waals surface area (Å²) < 4.78 is 13.8. The number of nitro benzene ring substituents is 1. The van der Waals surface area contributed by atoms with Crippen molar-refractivity contribution in [1.29, 1.82) is 0 Å². The summed E-state index contributed by atoms with van der Waals surface area (Å²) in [5.74, 6) is -0.292. The predicted octanol–water partition coefficient (Wildman–Crippen LogP) is 4.70. The van der Waals surface area contributed by atoms with E-state index in [0.29, 0.717) is 15.1 Å². The van der Waals surface area contributed by atoms with Gasteiger partial charge < -0.3 is 9.15 Å². The molecule has 0 aliphatic heterocycles. The first-order chi connectivity index (χ1) is 15.4. The van der Waals surface area contributed by atoms with Gasteiger partial charge >= 0.3 is 5.97 Å². The van der Waals surface area contributed by atoms with Crippen LogP contribution in [0.4, 0.5) is 5.69 Å². The second-order valence-corrected chi connectivity index (χ2v) is 8.85. The minimum atomic E-state index is -0.557. The molecule has 4 rings (SSSR count). The summed E-state index contributed by atoms with van der Waals surface area (Å²) in [6, 6.07) is 12.4. The van der Waals surface area contributed by atoms with Crippen LogP contribution in [0, 0.1) is 14.1 Å². The molecule has 0 unspecified atom stereocenters. The van der Waals surface area contributed by atoms with Gasteiger partial charge in [-0.2, -0.15) is 0 Å². The van der Waals surface area contributed by atoms with Gasteiger partial charge in [-0.1, -0.05) is 23.1 Å². The largest absolute Gasteiger partial charge is 0.452 e. The Kier molecular flexibility index (Phi) is 6.39. The first kappa shape index (κ1) is 21.8. The molecule has 0 spiro atoms. The molecule has 2 aromatic carbocycles. The minimum Gasteiger partial charge on any atom is -0.452 e. The summed E-state index contributed by atoms with van der Waals surface area (Å²) in [5.41, 5.74) is 1.56. The molecular formula is C19H13N5O5S3. The maximum Gasteiger partial charge on any atom is 0.338 e. The first-order valence-corrected chi connectivity index (χ1v) is 11.4. The second-order valence-electron chi connectivity index (χ2n) is 6.18. The number of benzene rings is 2. The van der Waals surface area contributed by atoms with Gasteiger partial charge in [0.05, 0.1) is 16.2 Å². The Balaban J connectivity index is 1.39. The Morgan fingerprint density at radius 3 is 2.56 bits per heavy atom. The fourth-order valence-corrected chi connectivity index (χ4v) is 4.39. The molecule has 2 heterocycles. The number of carbonyl (C=O) groups excluding carboxylic acids is 1. The normalized spacial score (nSPS) is 10.8. The van der Waals surface area contributed by atoms with Gasteiger partial charge in [0, 0.05) is 17.7 Å². The number of esters is 1. The van der Waals surface area contributed by atoms with Crippen molar-refractivity contribution in [2.75, 3.05) is 6.26 Å². The van der Waals surface area contributed by atoms with E-state index in [0.717, 1.165) is 10.0 Å². The van der Waals surface area contributed by atoms with Crippen molar-refractivity contribution in [1.82, 2.24) is 20.0 Å². The number of hydrogen-bond donors (Lipinski definition) is 0. The molecular weight excluding hydrogens is 474 g/mol. The summed E-state index contributed by atoms with van der Waals surface area (Å²) in [5, 5.41) is 22.9. The fourth-order valence-electron chi connectivity index (χ4n) is 2.61. The molecule has 0 N–H and O–H groups in total. The number of nitro groups is 1. The average molecular weight is 488 g/mol. The van der Waals surface area contributed by atoms with Crippen molar-refractivity contribution in [2.45, 2.75) is 10.9 Å². The summed E-state index contributed by atoms with van der Waals surface area (Å²) >= 11 is 8.24. The molecule has 13 heteroatoms. The van der Waals surface area contributed by atoms with Gasteiger partial charge in [0.1, 0.15) is 0 Å². The van der Waals surface area contributed by atoms with E-state index in [1.807, 2.05) is 6.26 Å². The highest BCUT2D eigenvalue weighted by molar-refractivity contribution is 8.00. The summed E-state index contributed by atoms with van der Waals surface area (Å²) in [6.07, 6.45) is 1.93. The number of hydrogen-bond acceptors (Lipinski definition) is 11. The third-order valence-corrected chi connectivity index (χ3v) is 6.38. The number of ether oxygens (including phenoxy) is 1. The van der Waals surface area contributed by atoms with Crippen molar-refractivity contribution in [3.05, 3.63) is 74.1 Å². The van der Waals surface area contributed by atoms with Crippen LogP contribution in [0.25, 0.3) is 17.1 Å². The van der Waals surface area contributed by atoms with E-state index >= 15 is 0 Å². The molecule has 10 nitrogen and oxygen atoms in total. The quantitative estimate of drug-likeness (QED) is 0.119. The highest BCUT2D eigenvalue weighted by atomic mass is 32.2. The van der Waals surface area contributed by atoms with E-state index in [-0.39, 0.29) is 24.1 Å². The first-order valence-electron chi connectivity index (χ1n) is 8.93. The Morgan fingerprint density at radius 1 is 1.22 bits per heavy atom. The lowest BCUT2D eigenvalue weighted by molar-refractivity contribution is -0.384. The Labute approximate surface area is 194 Å². The monoisotopic (exact) mass is 487 g/mol. The summed E-state index contributed by atoms with van der Waals surface area (Å²) in [4.78, 5) is 22.6. The van der Waals surface area contributed by atoms with Crippen molar-refractivity contribution < 1.29 is 18.9 Å². The number of rotatable bonds is 7. The van der Waals surface area contributed by atoms with Gasteiger partial charge in [-0.25, -0.2) is 9.48 Å². The molecule has 162 valence electrons. The molecule has 32 heavy (non-hydrogen) atoms. The highest BCUT2D eigenvalue weighted by Gasteiger charge is 2.14. The molecule has 0 aliphatic rings. The third kappa shape index (κ3) is 4.74. The Hall–Kier alpha value is -3.42. The highest BCUT2D eigenvalue weighted by Crippen LogP contribution is 2.23. The van der Waals surface area contributed by atoms with E-state index in [4.69, 9.17) is 21.4 Å². The summed E-state index contributed by atoms with van der Waals surface area (Å²) in [6.45, 7) is -0.213. The lowest BCUT2D eigenvalue weighted by atomic mass is 10.2. The molecule has 0 aliphatic carbocycles. The Morgan fingerprint density at radius 2 is 1.94 bits per heavy atom. The predicted molar refractivity (Wildman–Crippen MR) is 120 cm³/mol. The number of nitrogens with zero attached hydrogens (tertiary/aromatic N) is 5. The van der Waals surface area contributed by atoms with Crippen LogP contribution >= 0.6 is 35.3 Å². The van der Waals surface area contributed by atoms with Gasteiger partial charge in [0.2, 0.25) is 5.89 Å². The van der Waals surface area contributed by atoms with Crippen molar-refractivity contribution >= 4 is 47.0 Å². The fraction of sp³-hybridized carbons (Fsp3) is 0.105. The van der Waals surface area contributed by atoms with Crippen LogP contribution in [0.5, 0.6) is 0 Å². The topological polar surface area (TPSA) is 126 Å². The smallest absolute Gasteiger partial charge is 0.338 e. The summed E-state index contributed by atoms with van der Waals surface area (Å²) in [7, 11) is 0. The Bertz CT molecular complexity index is 1330. The number of non-ortho nitro benzene ring substituents is 1. The van der Waals surface area contributed by atoms with Crippen molar-refractivity contribution in [3.63, 3.8) is 0 Å². The van der Waals surface area contributed by atoms with Crippen LogP contribution in [0.2, 0.25) is 0 Å². The van der Waals surface area contributed by atoms with Gasteiger partial charge in [-0.15, -0.1) is 15.3 Å². The van der Waals surface area contributed by atoms with Crippen LogP contribution in [-0.2, 0) is 11.3 Å². The van der Waals surface area contributed by atoms with Gasteiger partial charge in [-0.3, -0.25) is 10.1 Å². The average Bonchev–Trinajstić information content (AvgIpc) is 3.44.